The molecule has 2 rings (SSSR count). The van der Waals surface area contributed by atoms with Crippen LogP contribution in [0.2, 0.25) is 0 Å². The zero-order valence-corrected chi connectivity index (χ0v) is 19.4. The maximum atomic E-state index is 12.4. The SMILES string of the molecule is CCCCCCOc1ccc(C(=O)Oc2ccc(OC(C)CCCCCC)cc2)cc1. The van der Waals surface area contributed by atoms with Crippen molar-refractivity contribution in [3.8, 4) is 17.2 Å². The highest BCUT2D eigenvalue weighted by Crippen LogP contribution is 2.21. The third kappa shape index (κ3) is 9.91. The fourth-order valence-electron chi connectivity index (χ4n) is 3.31. The smallest absolute Gasteiger partial charge is 0.343 e. The Hall–Kier alpha value is -2.49. The van der Waals surface area contributed by atoms with Crippen molar-refractivity contribution >= 4 is 5.97 Å². The number of ether oxygens (including phenoxy) is 3. The molecule has 2 aromatic carbocycles. The molecule has 0 N–H and O–H groups in total. The first-order valence-electron chi connectivity index (χ1n) is 11.8. The highest BCUT2D eigenvalue weighted by molar-refractivity contribution is 5.91. The lowest BCUT2D eigenvalue weighted by atomic mass is 10.1. The molecule has 0 spiro atoms. The van der Waals surface area contributed by atoms with Gasteiger partial charge in [0.15, 0.2) is 0 Å². The third-order valence-corrected chi connectivity index (χ3v) is 5.19. The van der Waals surface area contributed by atoms with Gasteiger partial charge in [-0.1, -0.05) is 52.4 Å². The van der Waals surface area contributed by atoms with Crippen LogP contribution >= 0.6 is 0 Å². The summed E-state index contributed by atoms with van der Waals surface area (Å²) in [5, 5.41) is 0. The zero-order chi connectivity index (χ0) is 22.3. The first-order chi connectivity index (χ1) is 15.1. The van der Waals surface area contributed by atoms with Crippen molar-refractivity contribution in [3.63, 3.8) is 0 Å². The third-order valence-electron chi connectivity index (χ3n) is 5.19. The number of benzene rings is 2. The molecule has 0 bridgehead atoms. The van der Waals surface area contributed by atoms with E-state index in [4.69, 9.17) is 14.2 Å². The second-order valence-corrected chi connectivity index (χ2v) is 8.07. The zero-order valence-electron chi connectivity index (χ0n) is 19.4. The predicted octanol–water partition coefficient (Wildman–Crippen LogP) is 7.60. The predicted molar refractivity (Wildman–Crippen MR) is 126 cm³/mol. The van der Waals surface area contributed by atoms with Gasteiger partial charge in [0.05, 0.1) is 18.3 Å². The van der Waals surface area contributed by atoms with Gasteiger partial charge in [0.1, 0.15) is 17.2 Å². The molecule has 0 radical (unpaired) electrons. The molecule has 2 aromatic rings. The van der Waals surface area contributed by atoms with Gasteiger partial charge in [-0.15, -0.1) is 0 Å². The quantitative estimate of drug-likeness (QED) is 0.167. The second kappa shape index (κ2) is 14.5. The second-order valence-electron chi connectivity index (χ2n) is 8.07. The topological polar surface area (TPSA) is 44.8 Å². The molecule has 31 heavy (non-hydrogen) atoms. The van der Waals surface area contributed by atoms with Crippen LogP contribution in [0.1, 0.15) is 88.9 Å². The van der Waals surface area contributed by atoms with Crippen LogP contribution in [0.15, 0.2) is 48.5 Å². The largest absolute Gasteiger partial charge is 0.494 e. The standard InChI is InChI=1S/C27H38O4/c1-4-6-8-10-12-22(3)30-25-17-19-26(20-18-25)31-27(28)23-13-15-24(16-14-23)29-21-11-9-7-5-2/h13-20,22H,4-12,21H2,1-3H3. The number of rotatable bonds is 15. The van der Waals surface area contributed by atoms with E-state index >= 15 is 0 Å². The molecular formula is C27H38O4. The van der Waals surface area contributed by atoms with Crippen molar-refractivity contribution in [2.75, 3.05) is 6.61 Å². The van der Waals surface area contributed by atoms with Crippen LogP contribution in [0.3, 0.4) is 0 Å². The van der Waals surface area contributed by atoms with Crippen LogP contribution in [0.4, 0.5) is 0 Å². The van der Waals surface area contributed by atoms with E-state index < -0.39 is 0 Å². The van der Waals surface area contributed by atoms with Crippen LogP contribution in [0, 0.1) is 0 Å². The molecule has 0 fully saturated rings. The Morgan fingerprint density at radius 3 is 1.97 bits per heavy atom. The number of carbonyl (C=O) groups is 1. The minimum atomic E-state index is -0.382. The molecule has 0 aliphatic heterocycles. The van der Waals surface area contributed by atoms with E-state index in [1.165, 1.54) is 44.9 Å². The fourth-order valence-corrected chi connectivity index (χ4v) is 3.31. The Labute approximate surface area is 187 Å². The Balaban J connectivity index is 1.76. The summed E-state index contributed by atoms with van der Waals surface area (Å²) in [6.07, 6.45) is 10.9. The Bertz CT molecular complexity index is 737. The Morgan fingerprint density at radius 1 is 0.742 bits per heavy atom. The van der Waals surface area contributed by atoms with E-state index in [2.05, 4.69) is 20.8 Å². The van der Waals surface area contributed by atoms with E-state index in [-0.39, 0.29) is 12.1 Å². The number of hydrogen-bond donors (Lipinski definition) is 0. The van der Waals surface area contributed by atoms with E-state index in [1.807, 2.05) is 24.3 Å². The van der Waals surface area contributed by atoms with Crippen molar-refractivity contribution in [3.05, 3.63) is 54.1 Å². The summed E-state index contributed by atoms with van der Waals surface area (Å²) < 4.78 is 17.2. The minimum Gasteiger partial charge on any atom is -0.494 e. The lowest BCUT2D eigenvalue weighted by Crippen LogP contribution is -2.11. The highest BCUT2D eigenvalue weighted by atomic mass is 16.5. The maximum Gasteiger partial charge on any atom is 0.343 e. The van der Waals surface area contributed by atoms with Gasteiger partial charge in [0.25, 0.3) is 0 Å². The molecule has 170 valence electrons. The van der Waals surface area contributed by atoms with Crippen molar-refractivity contribution in [1.29, 1.82) is 0 Å². The Morgan fingerprint density at radius 2 is 1.32 bits per heavy atom. The number of unbranched alkanes of at least 4 members (excludes halogenated alkanes) is 6. The van der Waals surface area contributed by atoms with Crippen LogP contribution in [0.5, 0.6) is 17.2 Å². The highest BCUT2D eigenvalue weighted by Gasteiger charge is 2.10. The summed E-state index contributed by atoms with van der Waals surface area (Å²) in [4.78, 5) is 12.4. The lowest BCUT2D eigenvalue weighted by Gasteiger charge is -2.15. The van der Waals surface area contributed by atoms with Crippen molar-refractivity contribution in [2.24, 2.45) is 0 Å². The summed E-state index contributed by atoms with van der Waals surface area (Å²) in [6.45, 7) is 7.21. The van der Waals surface area contributed by atoms with Gasteiger partial charge in [0.2, 0.25) is 0 Å². The van der Waals surface area contributed by atoms with Gasteiger partial charge in [-0.3, -0.25) is 0 Å². The summed E-state index contributed by atoms with van der Waals surface area (Å²) in [5.41, 5.74) is 0.499. The number of esters is 1. The fraction of sp³-hybridized carbons (Fsp3) is 0.519. The van der Waals surface area contributed by atoms with E-state index in [0.717, 1.165) is 24.3 Å². The van der Waals surface area contributed by atoms with Gasteiger partial charge in [-0.25, -0.2) is 4.79 Å². The molecule has 4 nitrogen and oxygen atoms in total. The molecule has 0 saturated heterocycles. The van der Waals surface area contributed by atoms with Crippen LogP contribution in [0.25, 0.3) is 0 Å². The maximum absolute atomic E-state index is 12.4. The van der Waals surface area contributed by atoms with Crippen LogP contribution in [-0.4, -0.2) is 18.7 Å². The van der Waals surface area contributed by atoms with Crippen molar-refractivity contribution in [2.45, 2.75) is 84.7 Å². The summed E-state index contributed by atoms with van der Waals surface area (Å²) in [5.74, 6) is 1.69. The first-order valence-corrected chi connectivity index (χ1v) is 11.8. The lowest BCUT2D eigenvalue weighted by molar-refractivity contribution is 0.0734. The molecule has 1 unspecified atom stereocenters. The van der Waals surface area contributed by atoms with Gasteiger partial charge < -0.3 is 14.2 Å². The van der Waals surface area contributed by atoms with Gasteiger partial charge in [0, 0.05) is 0 Å². The van der Waals surface area contributed by atoms with Crippen molar-refractivity contribution < 1.29 is 19.0 Å². The summed E-state index contributed by atoms with van der Waals surface area (Å²) in [6, 6.07) is 14.3. The number of hydrogen-bond acceptors (Lipinski definition) is 4. The van der Waals surface area contributed by atoms with E-state index in [9.17, 15) is 4.79 Å². The summed E-state index contributed by atoms with van der Waals surface area (Å²) >= 11 is 0. The molecule has 0 heterocycles. The monoisotopic (exact) mass is 426 g/mol. The molecule has 0 saturated carbocycles. The average Bonchev–Trinajstić information content (AvgIpc) is 2.78. The average molecular weight is 427 g/mol. The van der Waals surface area contributed by atoms with Gasteiger partial charge >= 0.3 is 5.97 Å². The molecule has 0 aliphatic rings. The Kier molecular flexibility index (Phi) is 11.6. The van der Waals surface area contributed by atoms with E-state index in [0.29, 0.717) is 17.9 Å². The van der Waals surface area contributed by atoms with Gasteiger partial charge in [-0.05, 0) is 74.7 Å². The number of carbonyl (C=O) groups excluding carboxylic acids is 1. The molecule has 0 aromatic heterocycles. The molecular weight excluding hydrogens is 388 g/mol. The van der Waals surface area contributed by atoms with Crippen LogP contribution < -0.4 is 14.2 Å². The molecule has 0 amide bonds. The minimum absolute atomic E-state index is 0.178. The molecule has 1 atom stereocenters. The summed E-state index contributed by atoms with van der Waals surface area (Å²) in [7, 11) is 0. The van der Waals surface area contributed by atoms with Gasteiger partial charge in [-0.2, -0.15) is 0 Å². The molecule has 4 heteroatoms. The van der Waals surface area contributed by atoms with Crippen LogP contribution in [-0.2, 0) is 0 Å². The first kappa shape index (κ1) is 24.8. The van der Waals surface area contributed by atoms with Crippen molar-refractivity contribution in [1.82, 2.24) is 0 Å². The van der Waals surface area contributed by atoms with E-state index in [1.54, 1.807) is 24.3 Å². The molecule has 0 aliphatic carbocycles. The normalized spacial score (nSPS) is 11.7.